The molecule has 0 aromatic heterocycles. The highest BCUT2D eigenvalue weighted by molar-refractivity contribution is 7.07. The molecular formula is C42H36N2O3Si2. The van der Waals surface area contributed by atoms with Crippen LogP contribution in [0, 0.1) is 0 Å². The lowest BCUT2D eigenvalue weighted by molar-refractivity contribution is -0.117. The highest BCUT2D eigenvalue weighted by Crippen LogP contribution is 2.17. The molecule has 5 nitrogen and oxygen atoms in total. The van der Waals surface area contributed by atoms with Crippen LogP contribution in [0.5, 0.6) is 0 Å². The lowest BCUT2D eigenvalue weighted by Gasteiger charge is -2.31. The molecule has 240 valence electrons. The van der Waals surface area contributed by atoms with E-state index in [1.807, 2.05) is 109 Å². The fourth-order valence-electron chi connectivity index (χ4n) is 6.56. The molecule has 6 aromatic carbocycles. The predicted octanol–water partition coefficient (Wildman–Crippen LogP) is 4.82. The quantitative estimate of drug-likeness (QED) is 0.119. The van der Waals surface area contributed by atoms with E-state index in [9.17, 15) is 4.79 Å². The van der Waals surface area contributed by atoms with Crippen LogP contribution in [0.3, 0.4) is 0 Å². The van der Waals surface area contributed by atoms with Crippen LogP contribution >= 0.6 is 0 Å². The maximum Gasteiger partial charge on any atom is 0.380 e. The Balaban J connectivity index is 1.37. The number of benzene rings is 6. The van der Waals surface area contributed by atoms with Crippen LogP contribution in [0.4, 0.5) is 0 Å². The van der Waals surface area contributed by atoms with E-state index in [0.717, 1.165) is 31.1 Å². The Hall–Kier alpha value is -5.64. The van der Waals surface area contributed by atoms with Gasteiger partial charge in [0.25, 0.3) is 0 Å². The van der Waals surface area contributed by atoms with Crippen molar-refractivity contribution in [2.75, 3.05) is 0 Å². The number of ketones is 1. The fraction of sp³-hybridized carbons (Fsp3) is 0.0714. The zero-order valence-electron chi connectivity index (χ0n) is 27.1. The molecular weight excluding hydrogens is 637 g/mol. The van der Waals surface area contributed by atoms with Crippen LogP contribution in [0.1, 0.15) is 19.3 Å². The Morgan fingerprint density at radius 1 is 0.367 bits per heavy atom. The van der Waals surface area contributed by atoms with E-state index in [0.29, 0.717) is 24.3 Å². The van der Waals surface area contributed by atoms with Crippen molar-refractivity contribution in [2.45, 2.75) is 19.3 Å². The Bertz CT molecular complexity index is 1850. The minimum absolute atomic E-state index is 0.102. The third-order valence-corrected chi connectivity index (χ3v) is 16.6. The molecule has 0 N–H and O–H groups in total. The molecule has 0 atom stereocenters. The average molecular weight is 673 g/mol. The number of carbonyl (C=O) groups is 1. The number of oxime groups is 2. The summed E-state index contributed by atoms with van der Waals surface area (Å²) in [4.78, 5) is 13.0. The number of hydrogen-bond donors (Lipinski definition) is 0. The van der Waals surface area contributed by atoms with Crippen LogP contribution in [0.25, 0.3) is 0 Å². The second-order valence-corrected chi connectivity index (χ2v) is 18.6. The van der Waals surface area contributed by atoms with Crippen molar-refractivity contribution >= 4 is 65.0 Å². The lowest BCUT2D eigenvalue weighted by atomic mass is 9.95. The van der Waals surface area contributed by atoms with Gasteiger partial charge in [0.1, 0.15) is 17.2 Å². The van der Waals surface area contributed by atoms with Crippen LogP contribution in [0.15, 0.2) is 192 Å². The summed E-state index contributed by atoms with van der Waals surface area (Å²) in [6.07, 6.45) is 0.915. The Morgan fingerprint density at radius 3 is 0.918 bits per heavy atom. The van der Waals surface area contributed by atoms with Crippen molar-refractivity contribution < 1.29 is 13.8 Å². The Morgan fingerprint density at radius 2 is 0.633 bits per heavy atom. The largest absolute Gasteiger partial charge is 0.438 e. The van der Waals surface area contributed by atoms with E-state index >= 15 is 0 Å². The van der Waals surface area contributed by atoms with E-state index in [1.165, 1.54) is 0 Å². The molecule has 0 radical (unpaired) electrons. The molecule has 1 aliphatic rings. The zero-order chi connectivity index (χ0) is 33.4. The normalized spacial score (nSPS) is 15.2. The van der Waals surface area contributed by atoms with Gasteiger partial charge in [-0.1, -0.05) is 182 Å². The summed E-state index contributed by atoms with van der Waals surface area (Å²) in [5.41, 5.74) is 1.14. The van der Waals surface area contributed by atoms with Crippen LogP contribution in [0.2, 0.25) is 0 Å². The molecule has 0 unspecified atom stereocenters. The summed E-state index contributed by atoms with van der Waals surface area (Å²) >= 11 is 0. The van der Waals surface area contributed by atoms with Crippen LogP contribution in [-0.4, -0.2) is 33.8 Å². The molecule has 0 bridgehead atoms. The summed E-state index contributed by atoms with van der Waals surface area (Å²) in [5, 5.41) is 16.2. The number of nitrogens with zero attached hydrogens (tertiary/aromatic N) is 2. The monoisotopic (exact) mass is 672 g/mol. The number of hydrogen-bond acceptors (Lipinski definition) is 5. The Labute approximate surface area is 289 Å². The first-order valence-corrected chi connectivity index (χ1v) is 20.4. The van der Waals surface area contributed by atoms with Gasteiger partial charge < -0.3 is 9.05 Å². The minimum atomic E-state index is -3.16. The van der Waals surface area contributed by atoms with Gasteiger partial charge in [-0.15, -0.1) is 10.3 Å². The van der Waals surface area contributed by atoms with Crippen molar-refractivity contribution in [3.8, 4) is 0 Å². The molecule has 0 saturated heterocycles. The van der Waals surface area contributed by atoms with Gasteiger partial charge in [0.2, 0.25) is 0 Å². The molecule has 0 amide bonds. The van der Waals surface area contributed by atoms with Crippen LogP contribution < -0.4 is 31.1 Å². The third-order valence-electron chi connectivity index (χ3n) is 9.01. The second-order valence-electron chi connectivity index (χ2n) is 12.0. The molecule has 7 rings (SSSR count). The average Bonchev–Trinajstić information content (AvgIpc) is 3.18. The minimum Gasteiger partial charge on any atom is -0.438 e. The molecule has 1 fully saturated rings. The van der Waals surface area contributed by atoms with E-state index in [-0.39, 0.29) is 12.2 Å². The van der Waals surface area contributed by atoms with E-state index < -0.39 is 16.6 Å². The highest BCUT2D eigenvalue weighted by Gasteiger charge is 2.46. The summed E-state index contributed by atoms with van der Waals surface area (Å²) in [5.74, 6) is 0.102. The molecule has 7 heteroatoms. The summed E-state index contributed by atoms with van der Waals surface area (Å²) in [6, 6.07) is 61.9. The maximum atomic E-state index is 13.0. The standard InChI is InChI=1S/C42H36N2O3Si2/c45-34-31-32-41(43-46-48(35-19-7-1-8-20-35,36-21-9-2-10-22-36)37-23-11-3-12-24-37)42(33-34)44-47-49(38-25-13-4-14-26-38,39-27-15-5-16-28-39)40-29-17-6-18-30-40/h1-30H,31-33H2. The van der Waals surface area contributed by atoms with Crippen molar-refractivity contribution in [3.63, 3.8) is 0 Å². The van der Waals surface area contributed by atoms with E-state index in [1.54, 1.807) is 0 Å². The topological polar surface area (TPSA) is 60.2 Å². The van der Waals surface area contributed by atoms with Crippen molar-refractivity contribution in [3.05, 3.63) is 182 Å². The number of rotatable bonds is 10. The zero-order valence-corrected chi connectivity index (χ0v) is 29.1. The van der Waals surface area contributed by atoms with Gasteiger partial charge in [-0.3, -0.25) is 4.79 Å². The molecule has 6 aromatic rings. The van der Waals surface area contributed by atoms with Gasteiger partial charge in [0.05, 0.1) is 6.42 Å². The number of Topliss-reactive ketones (excluding diaryl/α,β-unsaturated/α-hetero) is 1. The molecule has 49 heavy (non-hydrogen) atoms. The Kier molecular flexibility index (Phi) is 9.54. The molecule has 0 aliphatic heterocycles. The SMILES string of the molecule is O=C1CCC(=NO[Si](c2ccccc2)(c2ccccc2)c2ccccc2)C(=NO[Si](c2ccccc2)(c2ccccc2)c2ccccc2)C1. The smallest absolute Gasteiger partial charge is 0.380 e. The summed E-state index contributed by atoms with van der Waals surface area (Å²) in [7, 11) is -6.29. The van der Waals surface area contributed by atoms with Gasteiger partial charge in [0, 0.05) is 12.8 Å². The van der Waals surface area contributed by atoms with Gasteiger partial charge in [-0.2, -0.15) is 0 Å². The lowest BCUT2D eigenvalue weighted by Crippen LogP contribution is -2.69. The molecule has 0 spiro atoms. The maximum absolute atomic E-state index is 13.0. The first-order chi connectivity index (χ1) is 24.2. The van der Waals surface area contributed by atoms with Crippen molar-refractivity contribution in [1.29, 1.82) is 0 Å². The third kappa shape index (κ3) is 6.46. The van der Waals surface area contributed by atoms with Gasteiger partial charge in [-0.05, 0) is 31.1 Å². The first kappa shape index (κ1) is 31.9. The van der Waals surface area contributed by atoms with E-state index in [4.69, 9.17) is 19.4 Å². The van der Waals surface area contributed by atoms with Gasteiger partial charge >= 0.3 is 16.6 Å². The van der Waals surface area contributed by atoms with Gasteiger partial charge in [0.15, 0.2) is 0 Å². The van der Waals surface area contributed by atoms with E-state index in [2.05, 4.69) is 72.8 Å². The summed E-state index contributed by atoms with van der Waals surface area (Å²) < 4.78 is 13.9. The predicted molar refractivity (Wildman–Crippen MR) is 204 cm³/mol. The molecule has 1 aliphatic carbocycles. The first-order valence-electron chi connectivity index (χ1n) is 16.6. The van der Waals surface area contributed by atoms with Crippen molar-refractivity contribution in [2.24, 2.45) is 10.3 Å². The van der Waals surface area contributed by atoms with Gasteiger partial charge in [-0.25, -0.2) is 0 Å². The van der Waals surface area contributed by atoms with Crippen molar-refractivity contribution in [1.82, 2.24) is 0 Å². The highest BCUT2D eigenvalue weighted by atomic mass is 28.4. The second kappa shape index (κ2) is 14.6. The van der Waals surface area contributed by atoms with Crippen LogP contribution in [-0.2, 0) is 13.8 Å². The fourth-order valence-corrected chi connectivity index (χ4v) is 13.7. The summed E-state index contributed by atoms with van der Waals surface area (Å²) in [6.45, 7) is 0. The molecule has 0 heterocycles. The number of carbonyl (C=O) groups excluding carboxylic acids is 1. The molecule has 1 saturated carbocycles.